The minimum Gasteiger partial charge on any atom is -0.380 e. The third-order valence-electron chi connectivity index (χ3n) is 4.25. The van der Waals surface area contributed by atoms with Crippen molar-refractivity contribution in [3.8, 4) is 0 Å². The summed E-state index contributed by atoms with van der Waals surface area (Å²) in [6.07, 6.45) is 0.330. The van der Waals surface area contributed by atoms with Crippen LogP contribution in [0.1, 0.15) is 13.8 Å². The fourth-order valence-electron chi connectivity index (χ4n) is 2.54. The molecule has 0 saturated carbocycles. The van der Waals surface area contributed by atoms with Gasteiger partial charge in [0.05, 0.1) is 6.10 Å². The molecule has 16 heavy (non-hydrogen) atoms. The van der Waals surface area contributed by atoms with Crippen LogP contribution in [-0.2, 0) is 4.74 Å². The van der Waals surface area contributed by atoms with Gasteiger partial charge in [-0.15, -0.1) is 0 Å². The number of ether oxygens (including phenoxy) is 1. The van der Waals surface area contributed by atoms with Gasteiger partial charge in [0.25, 0.3) is 0 Å². The number of nitrogens with one attached hydrogen (secondary N) is 1. The van der Waals surface area contributed by atoms with Crippen molar-refractivity contribution in [2.24, 2.45) is 0 Å². The molecular formula is C12H25N3O. The number of methoxy groups -OCH3 is 1. The summed E-state index contributed by atoms with van der Waals surface area (Å²) in [5.41, 5.74) is 0. The number of nitrogens with zero attached hydrogens (tertiary/aromatic N) is 2. The molecule has 2 rings (SSSR count). The highest BCUT2D eigenvalue weighted by Crippen LogP contribution is 2.14. The monoisotopic (exact) mass is 227 g/mol. The van der Waals surface area contributed by atoms with E-state index in [4.69, 9.17) is 4.74 Å². The van der Waals surface area contributed by atoms with E-state index in [1.807, 2.05) is 0 Å². The predicted molar refractivity (Wildman–Crippen MR) is 65.7 cm³/mol. The Kier molecular flexibility index (Phi) is 4.19. The van der Waals surface area contributed by atoms with Gasteiger partial charge in [-0.25, -0.2) is 0 Å². The van der Waals surface area contributed by atoms with Crippen molar-refractivity contribution in [3.63, 3.8) is 0 Å². The zero-order valence-corrected chi connectivity index (χ0v) is 10.8. The molecule has 0 aromatic carbocycles. The quantitative estimate of drug-likeness (QED) is 0.731. The molecule has 0 spiro atoms. The molecule has 2 unspecified atom stereocenters. The van der Waals surface area contributed by atoms with Crippen LogP contribution >= 0.6 is 0 Å². The molecule has 94 valence electrons. The van der Waals surface area contributed by atoms with Crippen LogP contribution in [0.3, 0.4) is 0 Å². The maximum absolute atomic E-state index is 5.41. The van der Waals surface area contributed by atoms with Gasteiger partial charge >= 0.3 is 0 Å². The lowest BCUT2D eigenvalue weighted by molar-refractivity contribution is -0.00190. The van der Waals surface area contributed by atoms with Crippen molar-refractivity contribution in [1.82, 2.24) is 15.1 Å². The Labute approximate surface area is 98.9 Å². The molecule has 0 aromatic heterocycles. The fraction of sp³-hybridized carbons (Fsp3) is 1.00. The molecule has 2 aliphatic rings. The summed E-state index contributed by atoms with van der Waals surface area (Å²) < 4.78 is 5.41. The molecule has 2 fully saturated rings. The second-order valence-electron chi connectivity index (χ2n) is 5.07. The summed E-state index contributed by atoms with van der Waals surface area (Å²) in [6, 6.07) is 1.34. The Morgan fingerprint density at radius 3 is 2.19 bits per heavy atom. The van der Waals surface area contributed by atoms with Gasteiger partial charge in [-0.1, -0.05) is 0 Å². The summed E-state index contributed by atoms with van der Waals surface area (Å²) >= 11 is 0. The van der Waals surface area contributed by atoms with E-state index in [9.17, 15) is 0 Å². The Balaban J connectivity index is 1.75. The van der Waals surface area contributed by atoms with Gasteiger partial charge in [0.2, 0.25) is 0 Å². The van der Waals surface area contributed by atoms with Crippen molar-refractivity contribution in [3.05, 3.63) is 0 Å². The van der Waals surface area contributed by atoms with Crippen LogP contribution in [0.5, 0.6) is 0 Å². The standard InChI is InChI=1S/C12H25N3O/c1-10(11(2)16-3)14-4-6-15(7-5-14)12-8-13-9-12/h10-13H,4-9H2,1-3H3. The highest BCUT2D eigenvalue weighted by Gasteiger charge is 2.30. The van der Waals surface area contributed by atoms with Crippen LogP contribution in [0.25, 0.3) is 0 Å². The van der Waals surface area contributed by atoms with Crippen molar-refractivity contribution < 1.29 is 4.74 Å². The molecule has 2 atom stereocenters. The van der Waals surface area contributed by atoms with Crippen molar-refractivity contribution in [1.29, 1.82) is 0 Å². The van der Waals surface area contributed by atoms with E-state index in [-0.39, 0.29) is 0 Å². The molecular weight excluding hydrogens is 202 g/mol. The van der Waals surface area contributed by atoms with Crippen LogP contribution in [0.15, 0.2) is 0 Å². The molecule has 0 amide bonds. The van der Waals surface area contributed by atoms with Crippen molar-refractivity contribution in [2.45, 2.75) is 32.0 Å². The first-order valence-corrected chi connectivity index (χ1v) is 6.44. The zero-order chi connectivity index (χ0) is 11.5. The van der Waals surface area contributed by atoms with Crippen LogP contribution in [0.4, 0.5) is 0 Å². The maximum atomic E-state index is 5.41. The van der Waals surface area contributed by atoms with Gasteiger partial charge in [-0.2, -0.15) is 0 Å². The average Bonchev–Trinajstić information content (AvgIpc) is 2.26. The summed E-state index contributed by atoms with van der Waals surface area (Å²) in [4.78, 5) is 5.17. The lowest BCUT2D eigenvalue weighted by Gasteiger charge is -2.45. The number of rotatable bonds is 4. The van der Waals surface area contributed by atoms with E-state index < -0.39 is 0 Å². The number of hydrogen-bond acceptors (Lipinski definition) is 4. The molecule has 2 aliphatic heterocycles. The predicted octanol–water partition coefficient (Wildman–Crippen LogP) is -0.000800. The molecule has 0 aliphatic carbocycles. The summed E-state index contributed by atoms with van der Waals surface area (Å²) in [6.45, 7) is 11.6. The highest BCUT2D eigenvalue weighted by atomic mass is 16.5. The zero-order valence-electron chi connectivity index (χ0n) is 10.8. The van der Waals surface area contributed by atoms with E-state index in [0.717, 1.165) is 6.04 Å². The SMILES string of the molecule is COC(C)C(C)N1CCN(C2CNC2)CC1. The third-order valence-corrected chi connectivity index (χ3v) is 4.25. The van der Waals surface area contributed by atoms with E-state index in [0.29, 0.717) is 12.1 Å². The Hall–Kier alpha value is -0.160. The number of hydrogen-bond donors (Lipinski definition) is 1. The second-order valence-corrected chi connectivity index (χ2v) is 5.07. The molecule has 2 saturated heterocycles. The summed E-state index contributed by atoms with van der Waals surface area (Å²) in [5, 5.41) is 3.34. The van der Waals surface area contributed by atoms with Gasteiger partial charge in [0, 0.05) is 58.5 Å². The first kappa shape index (κ1) is 12.3. The molecule has 1 N–H and O–H groups in total. The van der Waals surface area contributed by atoms with E-state index in [1.165, 1.54) is 39.3 Å². The Morgan fingerprint density at radius 1 is 1.12 bits per heavy atom. The maximum Gasteiger partial charge on any atom is 0.0695 e. The van der Waals surface area contributed by atoms with Gasteiger partial charge < -0.3 is 10.1 Å². The topological polar surface area (TPSA) is 27.7 Å². The minimum atomic E-state index is 0.330. The minimum absolute atomic E-state index is 0.330. The third kappa shape index (κ3) is 2.56. The highest BCUT2D eigenvalue weighted by molar-refractivity contribution is 4.88. The van der Waals surface area contributed by atoms with Gasteiger partial charge in [0.1, 0.15) is 0 Å². The average molecular weight is 227 g/mol. The molecule has 4 heteroatoms. The first-order chi connectivity index (χ1) is 7.72. The van der Waals surface area contributed by atoms with Gasteiger partial charge in [-0.3, -0.25) is 9.80 Å². The Bertz CT molecular complexity index is 212. The second kappa shape index (κ2) is 5.45. The van der Waals surface area contributed by atoms with E-state index in [1.54, 1.807) is 7.11 Å². The first-order valence-electron chi connectivity index (χ1n) is 6.44. The van der Waals surface area contributed by atoms with Crippen LogP contribution in [0, 0.1) is 0 Å². The smallest absolute Gasteiger partial charge is 0.0695 e. The lowest BCUT2D eigenvalue weighted by atomic mass is 10.1. The lowest BCUT2D eigenvalue weighted by Crippen LogP contribution is -2.62. The van der Waals surface area contributed by atoms with Crippen LogP contribution in [0.2, 0.25) is 0 Å². The van der Waals surface area contributed by atoms with Crippen LogP contribution < -0.4 is 5.32 Å². The van der Waals surface area contributed by atoms with Crippen molar-refractivity contribution >= 4 is 0 Å². The summed E-state index contributed by atoms with van der Waals surface area (Å²) in [5.74, 6) is 0. The van der Waals surface area contributed by atoms with Crippen LogP contribution in [-0.4, -0.2) is 74.4 Å². The van der Waals surface area contributed by atoms with Gasteiger partial charge in [-0.05, 0) is 13.8 Å². The largest absolute Gasteiger partial charge is 0.380 e. The van der Waals surface area contributed by atoms with Crippen molar-refractivity contribution in [2.75, 3.05) is 46.4 Å². The Morgan fingerprint density at radius 2 is 1.75 bits per heavy atom. The molecule has 0 aromatic rings. The number of piperazine rings is 1. The fourth-order valence-corrected chi connectivity index (χ4v) is 2.54. The molecule has 2 heterocycles. The normalized spacial score (nSPS) is 28.7. The van der Waals surface area contributed by atoms with Gasteiger partial charge in [0.15, 0.2) is 0 Å². The molecule has 0 radical (unpaired) electrons. The molecule has 0 bridgehead atoms. The van der Waals surface area contributed by atoms with E-state index >= 15 is 0 Å². The van der Waals surface area contributed by atoms with E-state index in [2.05, 4.69) is 29.0 Å². The summed E-state index contributed by atoms with van der Waals surface area (Å²) in [7, 11) is 1.80. The molecule has 4 nitrogen and oxygen atoms in total.